The Morgan fingerprint density at radius 2 is 2.00 bits per heavy atom. The predicted octanol–water partition coefficient (Wildman–Crippen LogP) is 2.49. The zero-order chi connectivity index (χ0) is 10.8. The molecule has 1 aliphatic rings. The Morgan fingerprint density at radius 3 is 2.67 bits per heavy atom. The molecule has 1 fully saturated rings. The van der Waals surface area contributed by atoms with Crippen molar-refractivity contribution in [1.29, 1.82) is 0 Å². The van der Waals surface area contributed by atoms with E-state index in [0.717, 1.165) is 37.9 Å². The highest BCUT2D eigenvalue weighted by Gasteiger charge is 2.20. The maximum atomic E-state index is 13.4. The molecule has 0 aliphatic carbocycles. The first-order valence-corrected chi connectivity index (χ1v) is 5.10. The van der Waals surface area contributed by atoms with Gasteiger partial charge in [0.15, 0.2) is 11.6 Å². The first-order chi connectivity index (χ1) is 7.18. The number of halogens is 2. The molecule has 0 amide bonds. The molecule has 0 spiro atoms. The molecule has 2 rings (SSSR count). The summed E-state index contributed by atoms with van der Waals surface area (Å²) in [6, 6.07) is 1.78. The lowest BCUT2D eigenvalue weighted by Crippen LogP contribution is -2.27. The second-order valence-corrected chi connectivity index (χ2v) is 3.83. The summed E-state index contributed by atoms with van der Waals surface area (Å²) in [5.74, 6) is -1.95. The maximum Gasteiger partial charge on any atom is 0.165 e. The van der Waals surface area contributed by atoms with Crippen LogP contribution in [-0.2, 0) is 0 Å². The highest BCUT2D eigenvalue weighted by atomic mass is 19.1. The maximum absolute atomic E-state index is 13.4. The van der Waals surface area contributed by atoms with Gasteiger partial charge in [-0.15, -0.1) is 0 Å². The molecule has 1 aromatic carbocycles. The number of phenols is 1. The lowest BCUT2D eigenvalue weighted by atomic mass is 9.97. The first-order valence-electron chi connectivity index (χ1n) is 5.10. The quantitative estimate of drug-likeness (QED) is 0.751. The molecular weight excluding hydrogens is 200 g/mol. The molecule has 0 aromatic heterocycles. The van der Waals surface area contributed by atoms with Crippen molar-refractivity contribution in [2.24, 2.45) is 0 Å². The summed E-state index contributed by atoms with van der Waals surface area (Å²) in [7, 11) is 0. The average Bonchev–Trinajstić information content (AvgIpc) is 2.25. The molecule has 0 radical (unpaired) electrons. The minimum Gasteiger partial charge on any atom is -0.505 e. The van der Waals surface area contributed by atoms with E-state index < -0.39 is 17.4 Å². The van der Waals surface area contributed by atoms with E-state index in [1.807, 2.05) is 0 Å². The molecule has 0 saturated carbocycles. The van der Waals surface area contributed by atoms with Crippen LogP contribution in [0.25, 0.3) is 0 Å². The monoisotopic (exact) mass is 213 g/mol. The van der Waals surface area contributed by atoms with Gasteiger partial charge in [0.1, 0.15) is 5.82 Å². The third-order valence-electron chi connectivity index (χ3n) is 2.75. The van der Waals surface area contributed by atoms with Gasteiger partial charge in [0, 0.05) is 17.7 Å². The Balaban J connectivity index is 2.30. The number of hydrogen-bond acceptors (Lipinski definition) is 2. The average molecular weight is 213 g/mol. The first kappa shape index (κ1) is 10.4. The van der Waals surface area contributed by atoms with Gasteiger partial charge in [0.05, 0.1) is 0 Å². The van der Waals surface area contributed by atoms with Gasteiger partial charge in [-0.25, -0.2) is 8.78 Å². The van der Waals surface area contributed by atoms with Gasteiger partial charge >= 0.3 is 0 Å². The van der Waals surface area contributed by atoms with Gasteiger partial charge in [0.25, 0.3) is 0 Å². The van der Waals surface area contributed by atoms with E-state index in [1.165, 1.54) is 0 Å². The van der Waals surface area contributed by atoms with Gasteiger partial charge in [0.2, 0.25) is 0 Å². The molecule has 1 heterocycles. The molecule has 2 nitrogen and oxygen atoms in total. The molecule has 1 aliphatic heterocycles. The number of hydrogen-bond donors (Lipinski definition) is 2. The Kier molecular flexibility index (Phi) is 2.86. The van der Waals surface area contributed by atoms with Crippen molar-refractivity contribution in [3.8, 4) is 5.75 Å². The van der Waals surface area contributed by atoms with Gasteiger partial charge in [-0.3, -0.25) is 0 Å². The van der Waals surface area contributed by atoms with Crippen LogP contribution in [0.2, 0.25) is 0 Å². The zero-order valence-electron chi connectivity index (χ0n) is 8.26. The molecular formula is C11H13F2NO. The number of piperidine rings is 1. The van der Waals surface area contributed by atoms with Crippen LogP contribution >= 0.6 is 0 Å². The Labute approximate surface area is 86.9 Å². The summed E-state index contributed by atoms with van der Waals surface area (Å²) < 4.78 is 26.5. The standard InChI is InChI=1S/C11H13F2NO/c12-8-6-11(15)9(13)5-7(8)10-3-1-2-4-14-10/h5-6,10,14-15H,1-4H2. The third kappa shape index (κ3) is 2.09. The fraction of sp³-hybridized carbons (Fsp3) is 0.455. The highest BCUT2D eigenvalue weighted by molar-refractivity contribution is 5.31. The number of benzene rings is 1. The minimum atomic E-state index is -0.765. The summed E-state index contributed by atoms with van der Waals surface area (Å²) in [5, 5.41) is 12.1. The minimum absolute atomic E-state index is 0.131. The number of nitrogens with one attached hydrogen (secondary N) is 1. The van der Waals surface area contributed by atoms with Crippen LogP contribution in [0.3, 0.4) is 0 Å². The third-order valence-corrected chi connectivity index (χ3v) is 2.75. The van der Waals surface area contributed by atoms with E-state index in [1.54, 1.807) is 0 Å². The molecule has 15 heavy (non-hydrogen) atoms. The zero-order valence-corrected chi connectivity index (χ0v) is 8.26. The van der Waals surface area contributed by atoms with E-state index >= 15 is 0 Å². The lowest BCUT2D eigenvalue weighted by molar-refractivity contribution is 0.389. The second kappa shape index (κ2) is 4.14. The SMILES string of the molecule is Oc1cc(F)c(C2CCCCN2)cc1F. The summed E-state index contributed by atoms with van der Waals surface area (Å²) in [6.07, 6.45) is 2.89. The fourth-order valence-electron chi connectivity index (χ4n) is 1.94. The van der Waals surface area contributed by atoms with Crippen molar-refractivity contribution in [3.63, 3.8) is 0 Å². The van der Waals surface area contributed by atoms with Gasteiger partial charge in [-0.2, -0.15) is 0 Å². The molecule has 2 N–H and O–H groups in total. The van der Waals surface area contributed by atoms with Crippen LogP contribution in [0.15, 0.2) is 12.1 Å². The van der Waals surface area contributed by atoms with Gasteiger partial charge in [-0.1, -0.05) is 6.42 Å². The van der Waals surface area contributed by atoms with Crippen LogP contribution in [-0.4, -0.2) is 11.7 Å². The molecule has 0 bridgehead atoms. The molecule has 4 heteroatoms. The van der Waals surface area contributed by atoms with Crippen LogP contribution in [0.4, 0.5) is 8.78 Å². The van der Waals surface area contributed by atoms with E-state index in [2.05, 4.69) is 5.32 Å². The van der Waals surface area contributed by atoms with E-state index in [-0.39, 0.29) is 6.04 Å². The fourth-order valence-corrected chi connectivity index (χ4v) is 1.94. The summed E-state index contributed by atoms with van der Waals surface area (Å²) in [6.45, 7) is 0.826. The summed E-state index contributed by atoms with van der Waals surface area (Å²) in [4.78, 5) is 0. The lowest BCUT2D eigenvalue weighted by Gasteiger charge is -2.24. The van der Waals surface area contributed by atoms with Crippen molar-refractivity contribution in [2.45, 2.75) is 25.3 Å². The normalized spacial score (nSPS) is 21.6. The predicted molar refractivity (Wildman–Crippen MR) is 52.6 cm³/mol. The largest absolute Gasteiger partial charge is 0.505 e. The topological polar surface area (TPSA) is 32.3 Å². The van der Waals surface area contributed by atoms with E-state index in [0.29, 0.717) is 5.56 Å². The van der Waals surface area contributed by atoms with Crippen molar-refractivity contribution >= 4 is 0 Å². The molecule has 1 unspecified atom stereocenters. The van der Waals surface area contributed by atoms with Crippen LogP contribution in [0, 0.1) is 11.6 Å². The van der Waals surface area contributed by atoms with Crippen LogP contribution in [0.1, 0.15) is 30.9 Å². The molecule has 82 valence electrons. The van der Waals surface area contributed by atoms with Crippen LogP contribution in [0.5, 0.6) is 5.75 Å². The smallest absolute Gasteiger partial charge is 0.165 e. The van der Waals surface area contributed by atoms with Gasteiger partial charge in [-0.05, 0) is 25.5 Å². The Bertz CT molecular complexity index is 362. The summed E-state index contributed by atoms with van der Waals surface area (Å²) >= 11 is 0. The van der Waals surface area contributed by atoms with Gasteiger partial charge < -0.3 is 10.4 Å². The Hall–Kier alpha value is -1.16. The van der Waals surface area contributed by atoms with Crippen molar-refractivity contribution in [1.82, 2.24) is 5.32 Å². The second-order valence-electron chi connectivity index (χ2n) is 3.83. The molecule has 1 aromatic rings. The number of phenolic OH excluding ortho intramolecular Hbond substituents is 1. The van der Waals surface area contributed by atoms with Crippen molar-refractivity contribution in [2.75, 3.05) is 6.54 Å². The highest BCUT2D eigenvalue weighted by Crippen LogP contribution is 2.28. The van der Waals surface area contributed by atoms with E-state index in [4.69, 9.17) is 5.11 Å². The van der Waals surface area contributed by atoms with E-state index in [9.17, 15) is 8.78 Å². The van der Waals surface area contributed by atoms with Crippen molar-refractivity contribution in [3.05, 3.63) is 29.3 Å². The van der Waals surface area contributed by atoms with Crippen LogP contribution < -0.4 is 5.32 Å². The Morgan fingerprint density at radius 1 is 1.20 bits per heavy atom. The molecule has 1 saturated heterocycles. The molecule has 1 atom stereocenters. The number of rotatable bonds is 1. The number of aromatic hydroxyl groups is 1. The van der Waals surface area contributed by atoms with Crippen molar-refractivity contribution < 1.29 is 13.9 Å². The summed E-state index contributed by atoms with van der Waals surface area (Å²) in [5.41, 5.74) is 0.310.